The SMILES string of the molecule is COC(=O)C1=C(C(=O)OC)N(c2cc(S(C)(=O)=O)ccc2N2CCN(C(C)=O)CC2)C=CC=C1. The van der Waals surface area contributed by atoms with Gasteiger partial charge in [0.15, 0.2) is 9.84 Å². The fraction of sp³-hybridized carbons (Fsp3) is 0.348. The van der Waals surface area contributed by atoms with E-state index in [9.17, 15) is 22.8 Å². The molecule has 0 aromatic heterocycles. The number of hydrogen-bond donors (Lipinski definition) is 0. The van der Waals surface area contributed by atoms with Gasteiger partial charge in [-0.1, -0.05) is 6.08 Å². The minimum Gasteiger partial charge on any atom is -0.465 e. The van der Waals surface area contributed by atoms with Crippen LogP contribution in [0.15, 0.2) is 58.8 Å². The number of esters is 2. The number of amides is 1. The maximum absolute atomic E-state index is 12.8. The van der Waals surface area contributed by atoms with Crippen molar-refractivity contribution in [1.82, 2.24) is 4.90 Å². The molecule has 1 aromatic rings. The molecule has 3 rings (SSSR count). The number of allylic oxidation sites excluding steroid dienone is 2. The van der Waals surface area contributed by atoms with Gasteiger partial charge in [0.05, 0.1) is 36.1 Å². The third-order valence-electron chi connectivity index (χ3n) is 5.59. The zero-order valence-corrected chi connectivity index (χ0v) is 20.3. The fourth-order valence-corrected chi connectivity index (χ4v) is 4.45. The standard InChI is InChI=1S/C23H27N3O7S/c1-16(27)24-11-13-25(14-12-24)19-9-8-17(34(4,30)31)15-20(19)26-10-6-5-7-18(22(28)32-2)21(26)23(29)33-3/h5-10,15H,11-14H2,1-4H3. The van der Waals surface area contributed by atoms with Crippen LogP contribution in [-0.4, -0.2) is 77.8 Å². The van der Waals surface area contributed by atoms with E-state index in [1.807, 2.05) is 4.90 Å². The average Bonchev–Trinajstić information content (AvgIpc) is 3.05. The second-order valence-electron chi connectivity index (χ2n) is 7.73. The number of methoxy groups -OCH3 is 2. The van der Waals surface area contributed by atoms with Crippen molar-refractivity contribution in [2.75, 3.05) is 56.5 Å². The smallest absolute Gasteiger partial charge is 0.355 e. The number of anilines is 2. The van der Waals surface area contributed by atoms with Crippen molar-refractivity contribution in [3.63, 3.8) is 0 Å². The van der Waals surface area contributed by atoms with Crippen LogP contribution in [0, 0.1) is 0 Å². The highest BCUT2D eigenvalue weighted by Gasteiger charge is 2.31. The summed E-state index contributed by atoms with van der Waals surface area (Å²) in [5, 5.41) is 0. The Labute approximate surface area is 198 Å². The van der Waals surface area contributed by atoms with E-state index in [1.165, 1.54) is 44.3 Å². The van der Waals surface area contributed by atoms with Crippen LogP contribution in [-0.2, 0) is 33.7 Å². The van der Waals surface area contributed by atoms with Gasteiger partial charge in [-0.05, 0) is 30.4 Å². The lowest BCUT2D eigenvalue weighted by Gasteiger charge is -2.38. The van der Waals surface area contributed by atoms with Crippen LogP contribution in [0.3, 0.4) is 0 Å². The second-order valence-corrected chi connectivity index (χ2v) is 9.75. The normalized spacial score (nSPS) is 16.4. The quantitative estimate of drug-likeness (QED) is 0.564. The maximum Gasteiger partial charge on any atom is 0.355 e. The Bertz CT molecular complexity index is 1190. The Morgan fingerprint density at radius 1 is 0.912 bits per heavy atom. The first kappa shape index (κ1) is 25.0. The first-order valence-corrected chi connectivity index (χ1v) is 12.4. The molecule has 1 aromatic carbocycles. The van der Waals surface area contributed by atoms with Gasteiger partial charge in [0.25, 0.3) is 0 Å². The Hall–Kier alpha value is -3.60. The first-order valence-electron chi connectivity index (χ1n) is 10.5. The summed E-state index contributed by atoms with van der Waals surface area (Å²) < 4.78 is 34.5. The molecular formula is C23H27N3O7S. The van der Waals surface area contributed by atoms with Gasteiger partial charge < -0.3 is 24.2 Å². The lowest BCUT2D eigenvalue weighted by Crippen LogP contribution is -2.48. The van der Waals surface area contributed by atoms with Gasteiger partial charge in [-0.3, -0.25) is 4.79 Å². The molecule has 0 spiro atoms. The molecule has 0 N–H and O–H groups in total. The highest BCUT2D eigenvalue weighted by atomic mass is 32.2. The Balaban J connectivity index is 2.21. The zero-order chi connectivity index (χ0) is 25.0. The molecule has 2 heterocycles. The molecule has 0 bridgehead atoms. The van der Waals surface area contributed by atoms with Gasteiger partial charge >= 0.3 is 11.9 Å². The van der Waals surface area contributed by atoms with E-state index in [-0.39, 0.29) is 22.1 Å². The summed E-state index contributed by atoms with van der Waals surface area (Å²) in [6.45, 7) is 3.50. The number of carbonyl (C=O) groups is 3. The molecule has 10 nitrogen and oxygen atoms in total. The molecule has 2 aliphatic rings. The predicted octanol–water partition coefficient (Wildman–Crippen LogP) is 1.25. The van der Waals surface area contributed by atoms with Crippen LogP contribution in [0.5, 0.6) is 0 Å². The summed E-state index contributed by atoms with van der Waals surface area (Å²) in [7, 11) is -1.19. The Kier molecular flexibility index (Phi) is 7.45. The minimum absolute atomic E-state index is 0.0209. The first-order chi connectivity index (χ1) is 16.1. The van der Waals surface area contributed by atoms with Gasteiger partial charge in [-0.15, -0.1) is 0 Å². The van der Waals surface area contributed by atoms with Crippen molar-refractivity contribution in [2.24, 2.45) is 0 Å². The van der Waals surface area contributed by atoms with Crippen molar-refractivity contribution in [1.29, 1.82) is 0 Å². The Morgan fingerprint density at radius 3 is 2.12 bits per heavy atom. The van der Waals surface area contributed by atoms with Gasteiger partial charge in [0.1, 0.15) is 5.70 Å². The third kappa shape index (κ3) is 5.14. The second kappa shape index (κ2) is 10.1. The molecule has 11 heteroatoms. The molecule has 182 valence electrons. The largest absolute Gasteiger partial charge is 0.465 e. The van der Waals surface area contributed by atoms with Gasteiger partial charge in [0.2, 0.25) is 5.91 Å². The minimum atomic E-state index is -3.58. The molecule has 34 heavy (non-hydrogen) atoms. The summed E-state index contributed by atoms with van der Waals surface area (Å²) >= 11 is 0. The summed E-state index contributed by atoms with van der Waals surface area (Å²) in [5.74, 6) is -1.57. The highest BCUT2D eigenvalue weighted by Crippen LogP contribution is 2.37. The third-order valence-corrected chi connectivity index (χ3v) is 6.70. The lowest BCUT2D eigenvalue weighted by molar-refractivity contribution is -0.139. The summed E-state index contributed by atoms with van der Waals surface area (Å²) in [5.41, 5.74) is 0.832. The number of nitrogens with zero attached hydrogens (tertiary/aromatic N) is 3. The van der Waals surface area contributed by atoms with Crippen molar-refractivity contribution in [3.05, 3.63) is 53.9 Å². The molecule has 0 atom stereocenters. The van der Waals surface area contributed by atoms with Gasteiger partial charge in [-0.25, -0.2) is 18.0 Å². The van der Waals surface area contributed by atoms with E-state index < -0.39 is 21.8 Å². The lowest BCUT2D eigenvalue weighted by atomic mass is 10.1. The van der Waals surface area contributed by atoms with Crippen LogP contribution in [0.4, 0.5) is 11.4 Å². The van der Waals surface area contributed by atoms with Crippen molar-refractivity contribution in [2.45, 2.75) is 11.8 Å². The fourth-order valence-electron chi connectivity index (χ4n) is 3.81. The summed E-state index contributed by atoms with van der Waals surface area (Å²) in [4.78, 5) is 42.3. The number of rotatable bonds is 5. The van der Waals surface area contributed by atoms with E-state index in [0.29, 0.717) is 37.6 Å². The summed E-state index contributed by atoms with van der Waals surface area (Å²) in [6.07, 6.45) is 7.26. The van der Waals surface area contributed by atoms with Crippen LogP contribution in [0.2, 0.25) is 0 Å². The summed E-state index contributed by atoms with van der Waals surface area (Å²) in [6, 6.07) is 4.61. The number of sulfone groups is 1. The van der Waals surface area contributed by atoms with E-state index in [1.54, 1.807) is 29.3 Å². The van der Waals surface area contributed by atoms with Gasteiger partial charge in [0, 0.05) is 45.6 Å². The predicted molar refractivity (Wildman–Crippen MR) is 126 cm³/mol. The van der Waals surface area contributed by atoms with Crippen LogP contribution in [0.1, 0.15) is 6.92 Å². The topological polar surface area (TPSA) is 114 Å². The molecule has 1 fully saturated rings. The molecule has 1 amide bonds. The molecule has 2 aliphatic heterocycles. The molecule has 0 aliphatic carbocycles. The van der Waals surface area contributed by atoms with Crippen LogP contribution in [0.25, 0.3) is 0 Å². The van der Waals surface area contributed by atoms with Crippen LogP contribution < -0.4 is 9.80 Å². The maximum atomic E-state index is 12.8. The van der Waals surface area contributed by atoms with Crippen molar-refractivity contribution >= 4 is 39.1 Å². The number of benzene rings is 1. The average molecular weight is 490 g/mol. The zero-order valence-electron chi connectivity index (χ0n) is 19.5. The number of piperazine rings is 1. The van der Waals surface area contributed by atoms with Crippen LogP contribution >= 0.6 is 0 Å². The number of carbonyl (C=O) groups excluding carboxylic acids is 3. The van der Waals surface area contributed by atoms with E-state index >= 15 is 0 Å². The van der Waals surface area contributed by atoms with Gasteiger partial charge in [-0.2, -0.15) is 0 Å². The van der Waals surface area contributed by atoms with E-state index in [0.717, 1.165) is 6.26 Å². The molecule has 0 radical (unpaired) electrons. The monoisotopic (exact) mass is 489 g/mol. The van der Waals surface area contributed by atoms with E-state index in [2.05, 4.69) is 0 Å². The Morgan fingerprint density at radius 2 is 1.56 bits per heavy atom. The molecular weight excluding hydrogens is 462 g/mol. The van der Waals surface area contributed by atoms with Crippen molar-refractivity contribution in [3.8, 4) is 0 Å². The molecule has 0 unspecified atom stereocenters. The number of hydrogen-bond acceptors (Lipinski definition) is 9. The van der Waals surface area contributed by atoms with Crippen molar-refractivity contribution < 1.29 is 32.3 Å². The number of ether oxygens (including phenoxy) is 2. The molecule has 0 saturated carbocycles. The molecule has 1 saturated heterocycles. The van der Waals surface area contributed by atoms with E-state index in [4.69, 9.17) is 9.47 Å². The highest BCUT2D eigenvalue weighted by molar-refractivity contribution is 7.90.